The first-order chi connectivity index (χ1) is 9.95. The van der Waals surface area contributed by atoms with Gasteiger partial charge in [-0.25, -0.2) is 4.68 Å². The number of nitrogens with zero attached hydrogens (tertiary/aromatic N) is 5. The van der Waals surface area contributed by atoms with Gasteiger partial charge in [0.15, 0.2) is 11.5 Å². The van der Waals surface area contributed by atoms with Crippen LogP contribution in [0.25, 0.3) is 5.82 Å². The Hall–Kier alpha value is -2.15. The zero-order valence-electron chi connectivity index (χ0n) is 13.2. The molecule has 0 atom stereocenters. The van der Waals surface area contributed by atoms with E-state index in [2.05, 4.69) is 22.4 Å². The maximum Gasteiger partial charge on any atom is 0.273 e. The van der Waals surface area contributed by atoms with Gasteiger partial charge in [0.05, 0.1) is 5.69 Å². The van der Waals surface area contributed by atoms with E-state index in [0.29, 0.717) is 5.69 Å². The van der Waals surface area contributed by atoms with Crippen LogP contribution in [0.2, 0.25) is 0 Å². The summed E-state index contributed by atoms with van der Waals surface area (Å²) in [5.74, 6) is 0.770. The van der Waals surface area contributed by atoms with E-state index < -0.39 is 0 Å². The van der Waals surface area contributed by atoms with Crippen LogP contribution < -0.4 is 5.32 Å². The van der Waals surface area contributed by atoms with Gasteiger partial charge in [0.25, 0.3) is 5.91 Å². The molecular formula is C14H22N6O. The van der Waals surface area contributed by atoms with Crippen molar-refractivity contribution >= 4 is 5.91 Å². The van der Waals surface area contributed by atoms with E-state index in [1.54, 1.807) is 35.7 Å². The van der Waals surface area contributed by atoms with Crippen LogP contribution in [-0.2, 0) is 13.6 Å². The molecule has 0 saturated heterocycles. The smallest absolute Gasteiger partial charge is 0.273 e. The molecule has 114 valence electrons. The van der Waals surface area contributed by atoms with E-state index in [1.165, 1.54) is 4.90 Å². The highest BCUT2D eigenvalue weighted by molar-refractivity contribution is 5.91. The van der Waals surface area contributed by atoms with Crippen LogP contribution in [0.15, 0.2) is 12.3 Å². The SMILES string of the molecule is CCNCc1c(C)nn(C)c1-n1ccc(C(=O)N(C)C)n1. The summed E-state index contributed by atoms with van der Waals surface area (Å²) in [7, 11) is 5.31. The number of aryl methyl sites for hydroxylation is 2. The van der Waals surface area contributed by atoms with Gasteiger partial charge in [-0.15, -0.1) is 0 Å². The van der Waals surface area contributed by atoms with Crippen LogP contribution in [0.1, 0.15) is 28.7 Å². The first kappa shape index (κ1) is 15.2. The van der Waals surface area contributed by atoms with Crippen molar-refractivity contribution in [2.75, 3.05) is 20.6 Å². The number of aromatic nitrogens is 4. The summed E-state index contributed by atoms with van der Waals surface area (Å²) < 4.78 is 3.50. The van der Waals surface area contributed by atoms with Gasteiger partial charge >= 0.3 is 0 Å². The van der Waals surface area contributed by atoms with Crippen LogP contribution in [0.5, 0.6) is 0 Å². The highest BCUT2D eigenvalue weighted by Crippen LogP contribution is 2.17. The lowest BCUT2D eigenvalue weighted by Gasteiger charge is -2.08. The third-order valence-corrected chi connectivity index (χ3v) is 3.30. The normalized spacial score (nSPS) is 10.9. The number of nitrogens with one attached hydrogen (secondary N) is 1. The van der Waals surface area contributed by atoms with Gasteiger partial charge < -0.3 is 10.2 Å². The molecule has 1 amide bonds. The largest absolute Gasteiger partial charge is 0.343 e. The minimum absolute atomic E-state index is 0.110. The molecule has 0 aliphatic rings. The summed E-state index contributed by atoms with van der Waals surface area (Å²) in [6, 6.07) is 1.72. The molecule has 0 fully saturated rings. The fraction of sp³-hybridized carbons (Fsp3) is 0.500. The van der Waals surface area contributed by atoms with Crippen molar-refractivity contribution in [3.05, 3.63) is 29.2 Å². The molecule has 2 aromatic heterocycles. The van der Waals surface area contributed by atoms with Crippen LogP contribution in [0, 0.1) is 6.92 Å². The van der Waals surface area contributed by atoms with Crippen LogP contribution in [0.4, 0.5) is 0 Å². The quantitative estimate of drug-likeness (QED) is 0.881. The molecule has 0 unspecified atom stereocenters. The van der Waals surface area contributed by atoms with Gasteiger partial charge in [0, 0.05) is 39.4 Å². The highest BCUT2D eigenvalue weighted by Gasteiger charge is 2.18. The molecule has 0 aliphatic carbocycles. The summed E-state index contributed by atoms with van der Waals surface area (Å²) in [5, 5.41) is 12.1. The van der Waals surface area contributed by atoms with E-state index in [1.807, 2.05) is 14.0 Å². The Bertz CT molecular complexity index is 640. The maximum absolute atomic E-state index is 12.0. The average molecular weight is 290 g/mol. The number of hydrogen-bond acceptors (Lipinski definition) is 4. The fourth-order valence-corrected chi connectivity index (χ4v) is 2.22. The lowest BCUT2D eigenvalue weighted by molar-refractivity contribution is 0.0821. The number of hydrogen-bond donors (Lipinski definition) is 1. The second-order valence-electron chi connectivity index (χ2n) is 5.14. The fourth-order valence-electron chi connectivity index (χ4n) is 2.22. The molecular weight excluding hydrogens is 268 g/mol. The number of carbonyl (C=O) groups excluding carboxylic acids is 1. The molecule has 0 saturated carbocycles. The highest BCUT2D eigenvalue weighted by atomic mass is 16.2. The first-order valence-corrected chi connectivity index (χ1v) is 6.96. The molecule has 7 nitrogen and oxygen atoms in total. The number of rotatable bonds is 5. The Kier molecular flexibility index (Phi) is 4.42. The Balaban J connectivity index is 2.40. The summed E-state index contributed by atoms with van der Waals surface area (Å²) in [6.07, 6.45) is 1.79. The van der Waals surface area contributed by atoms with Gasteiger partial charge in [-0.2, -0.15) is 10.2 Å². The Morgan fingerprint density at radius 2 is 2.10 bits per heavy atom. The minimum Gasteiger partial charge on any atom is -0.343 e. The summed E-state index contributed by atoms with van der Waals surface area (Å²) >= 11 is 0. The van der Waals surface area contributed by atoms with Crippen molar-refractivity contribution < 1.29 is 4.79 Å². The summed E-state index contributed by atoms with van der Waals surface area (Å²) in [5.41, 5.74) is 2.48. The molecule has 0 spiro atoms. The van der Waals surface area contributed by atoms with Gasteiger partial charge in [0.1, 0.15) is 0 Å². The second-order valence-corrected chi connectivity index (χ2v) is 5.14. The molecule has 21 heavy (non-hydrogen) atoms. The predicted molar refractivity (Wildman–Crippen MR) is 80.5 cm³/mol. The van der Waals surface area contributed by atoms with Crippen LogP contribution >= 0.6 is 0 Å². The summed E-state index contributed by atoms with van der Waals surface area (Å²) in [6.45, 7) is 5.65. The second kappa shape index (κ2) is 6.09. The molecule has 0 bridgehead atoms. The van der Waals surface area contributed by atoms with Gasteiger partial charge in [-0.05, 0) is 19.5 Å². The standard InChI is InChI=1S/C14H22N6O/c1-6-15-9-11-10(2)16-19(5)13(11)20-8-7-12(17-20)14(21)18(3)4/h7-8,15H,6,9H2,1-5H3. The Morgan fingerprint density at radius 1 is 1.38 bits per heavy atom. The predicted octanol–water partition coefficient (Wildman–Crippen LogP) is 0.726. The van der Waals surface area contributed by atoms with E-state index >= 15 is 0 Å². The van der Waals surface area contributed by atoms with E-state index in [0.717, 1.165) is 30.2 Å². The molecule has 0 aliphatic heterocycles. The average Bonchev–Trinajstić information content (AvgIpc) is 3.00. The van der Waals surface area contributed by atoms with Crippen molar-refractivity contribution in [2.24, 2.45) is 7.05 Å². The molecule has 2 aromatic rings. The van der Waals surface area contributed by atoms with Crippen molar-refractivity contribution in [1.82, 2.24) is 29.8 Å². The topological polar surface area (TPSA) is 68.0 Å². The van der Waals surface area contributed by atoms with Gasteiger partial charge in [0.2, 0.25) is 0 Å². The minimum atomic E-state index is -0.110. The Morgan fingerprint density at radius 3 is 2.71 bits per heavy atom. The molecule has 0 radical (unpaired) electrons. The van der Waals surface area contributed by atoms with Crippen molar-refractivity contribution in [2.45, 2.75) is 20.4 Å². The molecule has 2 heterocycles. The van der Waals surface area contributed by atoms with Crippen molar-refractivity contribution in [3.8, 4) is 5.82 Å². The molecule has 1 N–H and O–H groups in total. The first-order valence-electron chi connectivity index (χ1n) is 6.96. The van der Waals surface area contributed by atoms with Gasteiger partial charge in [-0.1, -0.05) is 6.92 Å². The van der Waals surface area contributed by atoms with E-state index in [-0.39, 0.29) is 5.91 Å². The maximum atomic E-state index is 12.0. The zero-order chi connectivity index (χ0) is 15.6. The van der Waals surface area contributed by atoms with Crippen LogP contribution in [-0.4, -0.2) is 51.0 Å². The van der Waals surface area contributed by atoms with Gasteiger partial charge in [-0.3, -0.25) is 9.48 Å². The lowest BCUT2D eigenvalue weighted by atomic mass is 10.2. The van der Waals surface area contributed by atoms with Crippen molar-refractivity contribution in [3.63, 3.8) is 0 Å². The zero-order valence-corrected chi connectivity index (χ0v) is 13.2. The van der Waals surface area contributed by atoms with Crippen LogP contribution in [0.3, 0.4) is 0 Å². The number of carbonyl (C=O) groups is 1. The third-order valence-electron chi connectivity index (χ3n) is 3.30. The van der Waals surface area contributed by atoms with Crippen molar-refractivity contribution in [1.29, 1.82) is 0 Å². The Labute approximate surface area is 124 Å². The summed E-state index contributed by atoms with van der Waals surface area (Å²) in [4.78, 5) is 13.5. The molecule has 0 aromatic carbocycles. The molecule has 2 rings (SSSR count). The lowest BCUT2D eigenvalue weighted by Crippen LogP contribution is -2.22. The number of amides is 1. The monoisotopic (exact) mass is 290 g/mol. The van der Waals surface area contributed by atoms with E-state index in [9.17, 15) is 4.79 Å². The van der Waals surface area contributed by atoms with E-state index in [4.69, 9.17) is 0 Å². The molecule has 7 heteroatoms. The third kappa shape index (κ3) is 2.97.